The second kappa shape index (κ2) is 6.99. The maximum absolute atomic E-state index is 12.0. The second-order valence-electron chi connectivity index (χ2n) is 4.20. The van der Waals surface area contributed by atoms with Gasteiger partial charge in [-0.25, -0.2) is 0 Å². The number of benzene rings is 1. The first-order chi connectivity index (χ1) is 8.00. The van der Waals surface area contributed by atoms with Crippen LogP contribution in [0.5, 0.6) is 0 Å². The Balaban J connectivity index is 2.49. The summed E-state index contributed by atoms with van der Waals surface area (Å²) in [6, 6.07) is 5.01. The molecule has 17 heavy (non-hydrogen) atoms. The molecule has 1 aromatic carbocycles. The van der Waals surface area contributed by atoms with Gasteiger partial charge in [0.2, 0.25) is 0 Å². The van der Waals surface area contributed by atoms with Gasteiger partial charge in [0.1, 0.15) is 0 Å². The van der Waals surface area contributed by atoms with Crippen LogP contribution in [0.1, 0.15) is 13.8 Å². The molecule has 5 heteroatoms. The number of anilines is 1. The Hall–Kier alpha value is -0.580. The van der Waals surface area contributed by atoms with E-state index in [4.69, 9.17) is 22.1 Å². The molecule has 0 amide bonds. The molecular weight excluding hydrogens is 258 g/mol. The van der Waals surface area contributed by atoms with Crippen LogP contribution >= 0.6 is 11.6 Å². The summed E-state index contributed by atoms with van der Waals surface area (Å²) >= 11 is 5.84. The summed E-state index contributed by atoms with van der Waals surface area (Å²) in [6.07, 6.45) is 0. The first-order valence-corrected chi connectivity index (χ1v) is 7.21. The number of rotatable bonds is 6. The first-order valence-electron chi connectivity index (χ1n) is 5.52. The van der Waals surface area contributed by atoms with Gasteiger partial charge in [-0.05, 0) is 24.1 Å². The molecule has 0 saturated carbocycles. The molecule has 2 N–H and O–H groups in total. The molecule has 3 nitrogen and oxygen atoms in total. The fourth-order valence-electron chi connectivity index (χ4n) is 1.27. The zero-order chi connectivity index (χ0) is 12.8. The van der Waals surface area contributed by atoms with Crippen molar-refractivity contribution in [2.24, 2.45) is 5.92 Å². The Morgan fingerprint density at radius 3 is 2.82 bits per heavy atom. The van der Waals surface area contributed by atoms with E-state index in [1.807, 2.05) is 0 Å². The normalized spacial score (nSPS) is 12.9. The Kier molecular flexibility index (Phi) is 5.95. The molecule has 0 saturated heterocycles. The van der Waals surface area contributed by atoms with Gasteiger partial charge in [-0.3, -0.25) is 4.21 Å². The van der Waals surface area contributed by atoms with Gasteiger partial charge in [-0.2, -0.15) is 0 Å². The van der Waals surface area contributed by atoms with Gasteiger partial charge in [0.15, 0.2) is 0 Å². The van der Waals surface area contributed by atoms with Crippen molar-refractivity contribution in [2.75, 3.05) is 24.7 Å². The summed E-state index contributed by atoms with van der Waals surface area (Å²) in [5.41, 5.74) is 6.26. The quantitative estimate of drug-likeness (QED) is 0.641. The Morgan fingerprint density at radius 2 is 2.18 bits per heavy atom. The second-order valence-corrected chi connectivity index (χ2v) is 6.18. The monoisotopic (exact) mass is 275 g/mol. The predicted molar refractivity (Wildman–Crippen MR) is 72.8 cm³/mol. The van der Waals surface area contributed by atoms with E-state index in [1.54, 1.807) is 18.2 Å². The molecule has 0 aliphatic heterocycles. The van der Waals surface area contributed by atoms with Gasteiger partial charge in [-0.15, -0.1) is 0 Å². The van der Waals surface area contributed by atoms with Crippen molar-refractivity contribution in [1.82, 2.24) is 0 Å². The van der Waals surface area contributed by atoms with Crippen LogP contribution in [0.15, 0.2) is 23.1 Å². The maximum atomic E-state index is 12.0. The summed E-state index contributed by atoms with van der Waals surface area (Å²) < 4.78 is 17.3. The Labute approximate surface area is 110 Å². The molecule has 0 aliphatic carbocycles. The van der Waals surface area contributed by atoms with Crippen LogP contribution in [0.3, 0.4) is 0 Å². The first kappa shape index (κ1) is 14.5. The molecule has 1 atom stereocenters. The highest BCUT2D eigenvalue weighted by atomic mass is 35.5. The molecule has 1 unspecified atom stereocenters. The van der Waals surface area contributed by atoms with Crippen LogP contribution in [-0.2, 0) is 15.5 Å². The van der Waals surface area contributed by atoms with Gasteiger partial charge in [0.05, 0.1) is 28.1 Å². The molecule has 0 radical (unpaired) electrons. The number of hydrogen-bond donors (Lipinski definition) is 1. The lowest BCUT2D eigenvalue weighted by Crippen LogP contribution is -2.11. The van der Waals surface area contributed by atoms with E-state index >= 15 is 0 Å². The van der Waals surface area contributed by atoms with Crippen LogP contribution in [0.4, 0.5) is 5.69 Å². The van der Waals surface area contributed by atoms with Gasteiger partial charge < -0.3 is 10.5 Å². The zero-order valence-electron chi connectivity index (χ0n) is 10.1. The minimum absolute atomic E-state index is 0.442. The molecule has 1 rings (SSSR count). The van der Waals surface area contributed by atoms with E-state index in [0.717, 1.165) is 0 Å². The van der Waals surface area contributed by atoms with Crippen LogP contribution in [-0.4, -0.2) is 23.2 Å². The van der Waals surface area contributed by atoms with Gasteiger partial charge >= 0.3 is 0 Å². The molecule has 0 aliphatic rings. The lowest BCUT2D eigenvalue weighted by Gasteiger charge is -2.08. The van der Waals surface area contributed by atoms with Crippen LogP contribution in [0.2, 0.25) is 5.02 Å². The van der Waals surface area contributed by atoms with Crippen molar-refractivity contribution in [3.63, 3.8) is 0 Å². The third kappa shape index (κ3) is 5.06. The summed E-state index contributed by atoms with van der Waals surface area (Å²) in [5, 5.41) is 0.547. The van der Waals surface area contributed by atoms with Crippen molar-refractivity contribution < 1.29 is 8.95 Å². The molecular formula is C12H18ClNO2S. The fourth-order valence-corrected chi connectivity index (χ4v) is 2.58. The van der Waals surface area contributed by atoms with Gasteiger partial charge in [0.25, 0.3) is 0 Å². The molecule has 0 fully saturated rings. The van der Waals surface area contributed by atoms with Crippen molar-refractivity contribution in [3.8, 4) is 0 Å². The van der Waals surface area contributed by atoms with E-state index in [1.165, 1.54) is 0 Å². The number of halogens is 1. The van der Waals surface area contributed by atoms with E-state index in [9.17, 15) is 4.21 Å². The van der Waals surface area contributed by atoms with Crippen LogP contribution in [0.25, 0.3) is 0 Å². The zero-order valence-corrected chi connectivity index (χ0v) is 11.7. The number of nitrogens with two attached hydrogens (primary N) is 1. The number of hydrogen-bond acceptors (Lipinski definition) is 3. The summed E-state index contributed by atoms with van der Waals surface area (Å²) in [6.45, 7) is 5.30. The van der Waals surface area contributed by atoms with Gasteiger partial charge in [-0.1, -0.05) is 25.4 Å². The highest BCUT2D eigenvalue weighted by Crippen LogP contribution is 2.21. The average molecular weight is 276 g/mol. The Morgan fingerprint density at radius 1 is 1.47 bits per heavy atom. The van der Waals surface area contributed by atoms with E-state index < -0.39 is 10.8 Å². The molecule has 1 aromatic rings. The highest BCUT2D eigenvalue weighted by Gasteiger charge is 2.08. The third-order valence-corrected chi connectivity index (χ3v) is 3.70. The van der Waals surface area contributed by atoms with Crippen molar-refractivity contribution in [3.05, 3.63) is 23.2 Å². The van der Waals surface area contributed by atoms with Crippen LogP contribution < -0.4 is 5.73 Å². The standard InChI is InChI=1S/C12H18ClNO2S/c1-9(2)8-16-5-6-17(15)12-7-10(13)3-4-11(12)14/h3-4,7,9H,5-6,8,14H2,1-2H3. The Bertz CT molecular complexity index is 396. The largest absolute Gasteiger partial charge is 0.398 e. The van der Waals surface area contributed by atoms with Gasteiger partial charge in [0, 0.05) is 17.3 Å². The molecule has 0 heterocycles. The molecule has 96 valence electrons. The SMILES string of the molecule is CC(C)COCCS(=O)c1cc(Cl)ccc1N. The molecule has 0 bridgehead atoms. The minimum Gasteiger partial charge on any atom is -0.398 e. The summed E-state index contributed by atoms with van der Waals surface area (Å²) in [4.78, 5) is 0.589. The molecule has 0 aromatic heterocycles. The van der Waals surface area contributed by atoms with Crippen molar-refractivity contribution in [2.45, 2.75) is 18.7 Å². The molecule has 0 spiro atoms. The topological polar surface area (TPSA) is 52.3 Å². The predicted octanol–water partition coefficient (Wildman–Crippen LogP) is 2.70. The van der Waals surface area contributed by atoms with E-state index in [0.29, 0.717) is 40.5 Å². The van der Waals surface area contributed by atoms with E-state index in [-0.39, 0.29) is 0 Å². The smallest absolute Gasteiger partial charge is 0.0633 e. The number of nitrogen functional groups attached to an aromatic ring is 1. The van der Waals surface area contributed by atoms with E-state index in [2.05, 4.69) is 13.8 Å². The fraction of sp³-hybridized carbons (Fsp3) is 0.500. The maximum Gasteiger partial charge on any atom is 0.0633 e. The minimum atomic E-state index is -1.15. The highest BCUT2D eigenvalue weighted by molar-refractivity contribution is 7.85. The van der Waals surface area contributed by atoms with Crippen molar-refractivity contribution >= 4 is 28.1 Å². The third-order valence-electron chi connectivity index (χ3n) is 2.09. The lowest BCUT2D eigenvalue weighted by atomic mass is 10.2. The summed E-state index contributed by atoms with van der Waals surface area (Å²) in [5.74, 6) is 0.928. The lowest BCUT2D eigenvalue weighted by molar-refractivity contribution is 0.123. The van der Waals surface area contributed by atoms with Crippen molar-refractivity contribution in [1.29, 1.82) is 0 Å². The number of ether oxygens (including phenoxy) is 1. The average Bonchev–Trinajstić information content (AvgIpc) is 2.27. The van der Waals surface area contributed by atoms with Crippen LogP contribution in [0, 0.1) is 5.92 Å². The summed E-state index contributed by atoms with van der Waals surface area (Å²) in [7, 11) is -1.15.